The SMILES string of the molecule is C#C[C@@](C)(CC)OC[C@H](O)CN1CCN(CC)CC1. The van der Waals surface area contributed by atoms with E-state index in [4.69, 9.17) is 11.2 Å². The van der Waals surface area contributed by atoms with Gasteiger partial charge in [-0.05, 0) is 19.9 Å². The Bertz CT molecular complexity index is 295. The monoisotopic (exact) mass is 268 g/mol. The van der Waals surface area contributed by atoms with Crippen LogP contribution >= 0.6 is 0 Å². The molecular formula is C15H28N2O2. The van der Waals surface area contributed by atoms with Crippen LogP contribution in [0, 0.1) is 12.3 Å². The Morgan fingerprint density at radius 2 is 1.84 bits per heavy atom. The second-order valence-electron chi connectivity index (χ2n) is 5.43. The molecule has 1 aliphatic rings. The Morgan fingerprint density at radius 1 is 1.26 bits per heavy atom. The van der Waals surface area contributed by atoms with E-state index < -0.39 is 11.7 Å². The first-order valence-corrected chi connectivity index (χ1v) is 7.27. The van der Waals surface area contributed by atoms with E-state index in [-0.39, 0.29) is 0 Å². The van der Waals surface area contributed by atoms with Crippen molar-refractivity contribution >= 4 is 0 Å². The molecule has 110 valence electrons. The molecule has 0 amide bonds. The van der Waals surface area contributed by atoms with Gasteiger partial charge in [-0.15, -0.1) is 6.42 Å². The number of piperazine rings is 1. The van der Waals surface area contributed by atoms with Crippen LogP contribution < -0.4 is 0 Å². The van der Waals surface area contributed by atoms with E-state index in [0.29, 0.717) is 13.2 Å². The lowest BCUT2D eigenvalue weighted by molar-refractivity contribution is -0.0499. The van der Waals surface area contributed by atoms with Crippen molar-refractivity contribution in [3.05, 3.63) is 0 Å². The minimum atomic E-state index is -0.554. The van der Waals surface area contributed by atoms with Crippen molar-refractivity contribution in [3.8, 4) is 12.3 Å². The Labute approximate surface area is 117 Å². The normalized spacial score (nSPS) is 22.7. The summed E-state index contributed by atoms with van der Waals surface area (Å²) < 4.78 is 5.65. The Kier molecular flexibility index (Phi) is 6.81. The highest BCUT2D eigenvalue weighted by molar-refractivity contribution is 5.05. The molecule has 1 N–H and O–H groups in total. The van der Waals surface area contributed by atoms with Gasteiger partial charge >= 0.3 is 0 Å². The van der Waals surface area contributed by atoms with Crippen LogP contribution in [0.15, 0.2) is 0 Å². The van der Waals surface area contributed by atoms with Crippen molar-refractivity contribution < 1.29 is 9.84 Å². The van der Waals surface area contributed by atoms with Gasteiger partial charge in [0.05, 0.1) is 12.7 Å². The summed E-state index contributed by atoms with van der Waals surface area (Å²) in [5, 5.41) is 10.0. The molecule has 4 nitrogen and oxygen atoms in total. The molecule has 1 saturated heterocycles. The number of hydrogen-bond acceptors (Lipinski definition) is 4. The van der Waals surface area contributed by atoms with E-state index in [9.17, 15) is 5.11 Å². The molecule has 1 heterocycles. The second kappa shape index (κ2) is 7.86. The van der Waals surface area contributed by atoms with Crippen molar-refractivity contribution in [1.82, 2.24) is 9.80 Å². The maximum atomic E-state index is 10.0. The molecule has 0 radical (unpaired) electrons. The van der Waals surface area contributed by atoms with E-state index >= 15 is 0 Å². The molecule has 0 aromatic heterocycles. The smallest absolute Gasteiger partial charge is 0.125 e. The molecule has 0 aliphatic carbocycles. The van der Waals surface area contributed by atoms with Gasteiger partial charge in [-0.2, -0.15) is 0 Å². The third kappa shape index (κ3) is 5.50. The summed E-state index contributed by atoms with van der Waals surface area (Å²) in [4.78, 5) is 4.71. The van der Waals surface area contributed by atoms with Crippen LogP contribution in [0.25, 0.3) is 0 Å². The van der Waals surface area contributed by atoms with Gasteiger partial charge in [0, 0.05) is 32.7 Å². The Morgan fingerprint density at radius 3 is 2.32 bits per heavy atom. The molecule has 0 aromatic carbocycles. The summed E-state index contributed by atoms with van der Waals surface area (Å²) in [6.07, 6.45) is 5.74. The first-order chi connectivity index (χ1) is 9.03. The van der Waals surface area contributed by atoms with Crippen LogP contribution in [0.5, 0.6) is 0 Å². The molecule has 1 fully saturated rings. The first kappa shape index (κ1) is 16.5. The highest BCUT2D eigenvalue weighted by Crippen LogP contribution is 2.14. The third-order valence-corrected chi connectivity index (χ3v) is 3.96. The lowest BCUT2D eigenvalue weighted by atomic mass is 10.1. The molecule has 4 heteroatoms. The topological polar surface area (TPSA) is 35.9 Å². The lowest BCUT2D eigenvalue weighted by Gasteiger charge is -2.35. The number of hydrogen-bond donors (Lipinski definition) is 1. The van der Waals surface area contributed by atoms with Gasteiger partial charge in [0.25, 0.3) is 0 Å². The van der Waals surface area contributed by atoms with Gasteiger partial charge in [0.1, 0.15) is 5.60 Å². The highest BCUT2D eigenvalue weighted by atomic mass is 16.5. The van der Waals surface area contributed by atoms with Crippen LogP contribution in [0.4, 0.5) is 0 Å². The van der Waals surface area contributed by atoms with E-state index in [1.54, 1.807) is 0 Å². The highest BCUT2D eigenvalue weighted by Gasteiger charge is 2.23. The second-order valence-corrected chi connectivity index (χ2v) is 5.43. The maximum absolute atomic E-state index is 10.0. The van der Waals surface area contributed by atoms with Crippen molar-refractivity contribution in [2.45, 2.75) is 38.9 Å². The maximum Gasteiger partial charge on any atom is 0.125 e. The van der Waals surface area contributed by atoms with Crippen molar-refractivity contribution in [2.75, 3.05) is 45.9 Å². The van der Waals surface area contributed by atoms with E-state index in [1.165, 1.54) is 0 Å². The zero-order chi connectivity index (χ0) is 14.3. The average Bonchev–Trinajstić information content (AvgIpc) is 2.45. The van der Waals surface area contributed by atoms with E-state index in [0.717, 1.165) is 39.1 Å². The summed E-state index contributed by atoms with van der Waals surface area (Å²) in [6.45, 7) is 12.4. The van der Waals surface area contributed by atoms with Gasteiger partial charge < -0.3 is 14.7 Å². The van der Waals surface area contributed by atoms with E-state index in [2.05, 4.69) is 22.6 Å². The fraction of sp³-hybridized carbons (Fsp3) is 0.867. The van der Waals surface area contributed by atoms with Gasteiger partial charge in [-0.3, -0.25) is 4.90 Å². The molecule has 0 unspecified atom stereocenters. The van der Waals surface area contributed by atoms with Gasteiger partial charge in [0.15, 0.2) is 0 Å². The molecule has 19 heavy (non-hydrogen) atoms. The summed E-state index contributed by atoms with van der Waals surface area (Å²) in [5.41, 5.74) is -0.554. The van der Waals surface area contributed by atoms with Crippen LogP contribution in [-0.2, 0) is 4.74 Å². The summed E-state index contributed by atoms with van der Waals surface area (Å²) in [5.74, 6) is 2.65. The fourth-order valence-corrected chi connectivity index (χ4v) is 2.16. The third-order valence-electron chi connectivity index (χ3n) is 3.96. The molecule has 0 saturated carbocycles. The van der Waals surface area contributed by atoms with Gasteiger partial charge in [-0.25, -0.2) is 0 Å². The molecule has 1 aliphatic heterocycles. The average molecular weight is 268 g/mol. The van der Waals surface area contributed by atoms with Crippen LogP contribution in [0.1, 0.15) is 27.2 Å². The quantitative estimate of drug-likeness (QED) is 0.693. The first-order valence-electron chi connectivity index (χ1n) is 7.27. The van der Waals surface area contributed by atoms with Gasteiger partial charge in [-0.1, -0.05) is 19.8 Å². The molecular weight excluding hydrogens is 240 g/mol. The van der Waals surface area contributed by atoms with Crippen molar-refractivity contribution in [2.24, 2.45) is 0 Å². The van der Waals surface area contributed by atoms with E-state index in [1.807, 2.05) is 13.8 Å². The lowest BCUT2D eigenvalue weighted by Crippen LogP contribution is -2.49. The summed E-state index contributed by atoms with van der Waals surface area (Å²) in [7, 11) is 0. The van der Waals surface area contributed by atoms with Crippen LogP contribution in [0.2, 0.25) is 0 Å². The standard InChI is InChI=1S/C15H28N2O2/c1-5-15(4,6-2)19-13-14(18)12-17-10-8-16(7-3)9-11-17/h1,14,18H,6-13H2,2-4H3/t14-,15+/m1/s1. The number of aliphatic hydroxyl groups is 1. The molecule has 0 aromatic rings. The summed E-state index contributed by atoms with van der Waals surface area (Å²) in [6, 6.07) is 0. The molecule has 0 bridgehead atoms. The fourth-order valence-electron chi connectivity index (χ4n) is 2.16. The molecule has 2 atom stereocenters. The number of rotatable bonds is 7. The predicted octanol–water partition coefficient (Wildman–Crippen LogP) is 0.803. The largest absolute Gasteiger partial charge is 0.389 e. The molecule has 0 spiro atoms. The number of likely N-dealkylation sites (N-methyl/N-ethyl adjacent to an activating group) is 1. The van der Waals surface area contributed by atoms with Crippen molar-refractivity contribution in [3.63, 3.8) is 0 Å². The van der Waals surface area contributed by atoms with Gasteiger partial charge in [0.2, 0.25) is 0 Å². The number of nitrogens with zero attached hydrogens (tertiary/aromatic N) is 2. The number of β-amino-alcohol motifs (C(OH)–C–C–N with tert-alkyl or cyclic N) is 1. The predicted molar refractivity (Wildman–Crippen MR) is 78.0 cm³/mol. The Hall–Kier alpha value is -0.600. The van der Waals surface area contributed by atoms with Crippen LogP contribution in [-0.4, -0.2) is 72.5 Å². The minimum absolute atomic E-state index is 0.308. The zero-order valence-corrected chi connectivity index (χ0v) is 12.6. The van der Waals surface area contributed by atoms with Crippen molar-refractivity contribution in [1.29, 1.82) is 0 Å². The number of ether oxygens (including phenoxy) is 1. The molecule has 1 rings (SSSR count). The number of terminal acetylenes is 1. The Balaban J connectivity index is 2.25. The zero-order valence-electron chi connectivity index (χ0n) is 12.6. The number of aliphatic hydroxyl groups excluding tert-OH is 1. The van der Waals surface area contributed by atoms with Crippen LogP contribution in [0.3, 0.4) is 0 Å². The summed E-state index contributed by atoms with van der Waals surface area (Å²) >= 11 is 0. The minimum Gasteiger partial charge on any atom is -0.389 e.